The monoisotopic (exact) mass is 425 g/mol. The molecular weight excluding hydrogens is 390 g/mol. The Kier molecular flexibility index (Phi) is 6.27. The van der Waals surface area contributed by atoms with Gasteiger partial charge in [0.05, 0.1) is 31.3 Å². The van der Waals surface area contributed by atoms with Crippen LogP contribution in [0.1, 0.15) is 58.4 Å². The second kappa shape index (κ2) is 8.79. The highest BCUT2D eigenvalue weighted by atomic mass is 16.5. The molecule has 1 aliphatic heterocycles. The van der Waals surface area contributed by atoms with Crippen molar-refractivity contribution >= 4 is 16.7 Å². The van der Waals surface area contributed by atoms with E-state index in [0.717, 1.165) is 40.8 Å². The number of benzene rings is 2. The van der Waals surface area contributed by atoms with Crippen molar-refractivity contribution in [3.8, 4) is 5.75 Å². The van der Waals surface area contributed by atoms with Crippen LogP contribution in [0.15, 0.2) is 36.4 Å². The number of carbonyl (C=O) groups is 1. The zero-order chi connectivity index (χ0) is 22.1. The van der Waals surface area contributed by atoms with Crippen molar-refractivity contribution in [2.45, 2.75) is 64.5 Å². The van der Waals surface area contributed by atoms with E-state index in [1.807, 2.05) is 0 Å². The highest BCUT2D eigenvalue weighted by Crippen LogP contribution is 2.39. The summed E-state index contributed by atoms with van der Waals surface area (Å²) in [6.07, 6.45) is 5.15. The van der Waals surface area contributed by atoms with E-state index in [1.54, 1.807) is 0 Å². The number of carboxylic acid groups (broad SMARTS) is 1. The number of fused-ring (bicyclic) bond motifs is 1. The second-order valence-electron chi connectivity index (χ2n) is 10.3. The predicted octanol–water partition coefficient (Wildman–Crippen LogP) is 5.11. The maximum atomic E-state index is 10.9. The molecule has 2 N–H and O–H groups in total. The van der Waals surface area contributed by atoms with E-state index in [4.69, 9.17) is 14.6 Å². The summed E-state index contributed by atoms with van der Waals surface area (Å²) in [5, 5.41) is 14.6. The van der Waals surface area contributed by atoms with E-state index in [-0.39, 0.29) is 12.0 Å². The molecule has 0 amide bonds. The molecule has 0 aromatic heterocycles. The first kappa shape index (κ1) is 22.1. The first-order valence-electron chi connectivity index (χ1n) is 11.5. The molecular formula is C26H35NO4. The van der Waals surface area contributed by atoms with Crippen LogP contribution in [0.4, 0.5) is 0 Å². The molecule has 1 saturated heterocycles. The summed E-state index contributed by atoms with van der Waals surface area (Å²) in [4.78, 5) is 10.9. The molecule has 2 aromatic rings. The average Bonchev–Trinajstić information content (AvgIpc) is 2.69. The van der Waals surface area contributed by atoms with Crippen LogP contribution in [0.3, 0.4) is 0 Å². The lowest BCUT2D eigenvalue weighted by atomic mass is 9.72. The topological polar surface area (TPSA) is 67.8 Å². The van der Waals surface area contributed by atoms with Crippen molar-refractivity contribution in [2.24, 2.45) is 11.3 Å². The maximum Gasteiger partial charge on any atom is 0.304 e. The third-order valence-electron chi connectivity index (χ3n) is 7.07. The predicted molar refractivity (Wildman–Crippen MR) is 123 cm³/mol. The van der Waals surface area contributed by atoms with Crippen molar-refractivity contribution in [2.75, 3.05) is 19.8 Å². The molecule has 2 aliphatic rings. The van der Waals surface area contributed by atoms with E-state index in [0.29, 0.717) is 31.3 Å². The Bertz CT molecular complexity index is 921. The number of rotatable bonds is 7. The van der Waals surface area contributed by atoms with E-state index >= 15 is 0 Å². The summed E-state index contributed by atoms with van der Waals surface area (Å²) >= 11 is 0. The maximum absolute atomic E-state index is 10.9. The summed E-state index contributed by atoms with van der Waals surface area (Å²) in [6.45, 7) is 8.60. The Morgan fingerprint density at radius 1 is 1.10 bits per heavy atom. The molecule has 0 atom stereocenters. The molecule has 31 heavy (non-hydrogen) atoms. The van der Waals surface area contributed by atoms with Gasteiger partial charge in [0.2, 0.25) is 0 Å². The summed E-state index contributed by atoms with van der Waals surface area (Å²) in [5.41, 5.74) is 1.24. The molecule has 1 heterocycles. The summed E-state index contributed by atoms with van der Waals surface area (Å²) < 4.78 is 11.8. The largest absolute Gasteiger partial charge is 0.490 e. The quantitative estimate of drug-likeness (QED) is 0.645. The molecule has 2 aromatic carbocycles. The second-order valence-corrected chi connectivity index (χ2v) is 10.3. The molecule has 0 spiro atoms. The number of ether oxygens (including phenoxy) is 2. The van der Waals surface area contributed by atoms with Gasteiger partial charge in [-0.15, -0.1) is 0 Å². The number of carboxylic acids is 1. The SMILES string of the molecule is CC(C)(C)[C@H]1CC[C@H](Oc2ccc3cc(C4(NCCC(=O)O)COC4)ccc3c2)CC1. The average molecular weight is 426 g/mol. The van der Waals surface area contributed by atoms with Crippen LogP contribution < -0.4 is 10.1 Å². The molecule has 1 saturated carbocycles. The normalized spacial score (nSPS) is 23.3. The zero-order valence-electron chi connectivity index (χ0n) is 18.9. The third kappa shape index (κ3) is 5.04. The number of hydrogen-bond donors (Lipinski definition) is 2. The Labute approximate surface area is 185 Å². The van der Waals surface area contributed by atoms with E-state index < -0.39 is 5.97 Å². The van der Waals surface area contributed by atoms with Crippen LogP contribution in [0.5, 0.6) is 5.75 Å². The molecule has 2 fully saturated rings. The van der Waals surface area contributed by atoms with Crippen molar-refractivity contribution in [3.63, 3.8) is 0 Å². The Morgan fingerprint density at radius 2 is 1.77 bits per heavy atom. The van der Waals surface area contributed by atoms with Crippen LogP contribution in [-0.4, -0.2) is 36.9 Å². The van der Waals surface area contributed by atoms with Gasteiger partial charge in [-0.2, -0.15) is 0 Å². The lowest BCUT2D eigenvalue weighted by molar-refractivity contribution is -0.137. The third-order valence-corrected chi connectivity index (χ3v) is 7.07. The molecule has 168 valence electrons. The molecule has 5 heteroatoms. The van der Waals surface area contributed by atoms with Gasteiger partial charge < -0.3 is 19.9 Å². The van der Waals surface area contributed by atoms with Crippen LogP contribution in [0.2, 0.25) is 0 Å². The summed E-state index contributed by atoms with van der Waals surface area (Å²) in [6, 6.07) is 12.8. The molecule has 1 aliphatic carbocycles. The minimum Gasteiger partial charge on any atom is -0.490 e. The van der Waals surface area contributed by atoms with E-state index in [1.165, 1.54) is 12.8 Å². The smallest absolute Gasteiger partial charge is 0.304 e. The standard InChI is InChI=1S/C26H35NO4/c1-25(2,3)20-7-10-22(11-8-20)31-23-9-5-18-14-21(6-4-19(18)15-23)26(16-30-17-26)27-13-12-24(28)29/h4-6,9,14-15,20,22,27H,7-8,10-13,16-17H2,1-3H3,(H,28,29)/t20-,22-. The molecule has 4 rings (SSSR count). The van der Waals surface area contributed by atoms with Crippen LogP contribution in [0, 0.1) is 11.3 Å². The van der Waals surface area contributed by atoms with Crippen molar-refractivity contribution in [1.29, 1.82) is 0 Å². The van der Waals surface area contributed by atoms with Gasteiger partial charge in [0.1, 0.15) is 5.75 Å². The fraction of sp³-hybridized carbons (Fsp3) is 0.577. The van der Waals surface area contributed by atoms with Gasteiger partial charge in [-0.1, -0.05) is 39.0 Å². The Balaban J connectivity index is 1.42. The lowest BCUT2D eigenvalue weighted by Crippen LogP contribution is -2.57. The van der Waals surface area contributed by atoms with Crippen LogP contribution in [-0.2, 0) is 15.1 Å². The van der Waals surface area contributed by atoms with Gasteiger partial charge in [-0.25, -0.2) is 0 Å². The Morgan fingerprint density at radius 3 is 2.39 bits per heavy atom. The minimum atomic E-state index is -0.791. The number of aliphatic carboxylic acids is 1. The Hall–Kier alpha value is -2.11. The summed E-state index contributed by atoms with van der Waals surface area (Å²) in [5.74, 6) is 0.941. The highest BCUT2D eigenvalue weighted by molar-refractivity contribution is 5.84. The van der Waals surface area contributed by atoms with Gasteiger partial charge in [0.25, 0.3) is 0 Å². The van der Waals surface area contributed by atoms with Crippen LogP contribution in [0.25, 0.3) is 10.8 Å². The number of nitrogens with one attached hydrogen (secondary N) is 1. The minimum absolute atomic E-state index is 0.105. The van der Waals surface area contributed by atoms with Crippen molar-refractivity contribution in [3.05, 3.63) is 42.0 Å². The van der Waals surface area contributed by atoms with E-state index in [9.17, 15) is 4.79 Å². The van der Waals surface area contributed by atoms with Crippen molar-refractivity contribution < 1.29 is 19.4 Å². The van der Waals surface area contributed by atoms with Crippen LogP contribution >= 0.6 is 0 Å². The van der Waals surface area contributed by atoms with E-state index in [2.05, 4.69) is 62.5 Å². The molecule has 0 radical (unpaired) electrons. The number of hydrogen-bond acceptors (Lipinski definition) is 4. The summed E-state index contributed by atoms with van der Waals surface area (Å²) in [7, 11) is 0. The van der Waals surface area contributed by atoms with Gasteiger partial charge >= 0.3 is 5.97 Å². The van der Waals surface area contributed by atoms with Gasteiger partial charge in [0.15, 0.2) is 0 Å². The molecule has 5 nitrogen and oxygen atoms in total. The zero-order valence-corrected chi connectivity index (χ0v) is 18.9. The first-order valence-corrected chi connectivity index (χ1v) is 11.5. The fourth-order valence-electron chi connectivity index (χ4n) is 4.92. The molecule has 0 unspecified atom stereocenters. The van der Waals surface area contributed by atoms with Gasteiger partial charge in [-0.3, -0.25) is 4.79 Å². The lowest BCUT2D eigenvalue weighted by Gasteiger charge is -2.43. The van der Waals surface area contributed by atoms with Crippen molar-refractivity contribution in [1.82, 2.24) is 5.32 Å². The van der Waals surface area contributed by atoms with Gasteiger partial charge in [0, 0.05) is 6.54 Å². The first-order chi connectivity index (χ1) is 14.7. The molecule has 0 bridgehead atoms. The highest BCUT2D eigenvalue weighted by Gasteiger charge is 2.40. The fourth-order valence-corrected chi connectivity index (χ4v) is 4.92. The van der Waals surface area contributed by atoms with Gasteiger partial charge in [-0.05, 0) is 71.6 Å².